The van der Waals surface area contributed by atoms with Crippen LogP contribution in [0.25, 0.3) is 5.69 Å². The van der Waals surface area contributed by atoms with Crippen LogP contribution in [0.4, 0.5) is 0 Å². The molecule has 23 heavy (non-hydrogen) atoms. The summed E-state index contributed by atoms with van der Waals surface area (Å²) in [6.45, 7) is 6.77. The Labute approximate surface area is 136 Å². The lowest BCUT2D eigenvalue weighted by Crippen LogP contribution is -2.37. The van der Waals surface area contributed by atoms with Crippen LogP contribution in [0.2, 0.25) is 0 Å². The summed E-state index contributed by atoms with van der Waals surface area (Å²) in [5.41, 5.74) is 4.68. The van der Waals surface area contributed by atoms with Crippen molar-refractivity contribution in [2.45, 2.75) is 39.7 Å². The quantitative estimate of drug-likeness (QED) is 0.946. The van der Waals surface area contributed by atoms with E-state index in [2.05, 4.69) is 37.1 Å². The highest BCUT2D eigenvalue weighted by Crippen LogP contribution is 2.21. The molecule has 5 nitrogen and oxygen atoms in total. The fraction of sp³-hybridized carbons (Fsp3) is 0.444. The lowest BCUT2D eigenvalue weighted by molar-refractivity contribution is 0.0671. The Hall–Kier alpha value is -2.14. The second kappa shape index (κ2) is 6.16. The summed E-state index contributed by atoms with van der Waals surface area (Å²) in [7, 11) is 0. The molecule has 1 unspecified atom stereocenters. The van der Waals surface area contributed by atoms with Crippen LogP contribution in [0.15, 0.2) is 24.3 Å². The molecule has 0 radical (unpaired) electrons. The van der Waals surface area contributed by atoms with E-state index in [1.165, 1.54) is 11.1 Å². The van der Waals surface area contributed by atoms with Crippen LogP contribution in [0.1, 0.15) is 40.2 Å². The average molecular weight is 313 g/mol. The van der Waals surface area contributed by atoms with E-state index in [0.29, 0.717) is 12.2 Å². The molecule has 0 bridgehead atoms. The van der Waals surface area contributed by atoms with E-state index in [1.807, 2.05) is 17.7 Å². The van der Waals surface area contributed by atoms with Crippen molar-refractivity contribution in [2.24, 2.45) is 0 Å². The van der Waals surface area contributed by atoms with Gasteiger partial charge in [0.15, 0.2) is 5.69 Å². The topological polar surface area (TPSA) is 58.4 Å². The van der Waals surface area contributed by atoms with E-state index in [-0.39, 0.29) is 18.6 Å². The Morgan fingerprint density at radius 2 is 1.91 bits per heavy atom. The number of carbonyl (C=O) groups excluding carboxylic acids is 1. The predicted molar refractivity (Wildman–Crippen MR) is 88.9 cm³/mol. The zero-order valence-corrected chi connectivity index (χ0v) is 13.9. The first-order valence-electron chi connectivity index (χ1n) is 8.07. The molecule has 1 fully saturated rings. The van der Waals surface area contributed by atoms with E-state index in [0.717, 1.165) is 24.2 Å². The first-order valence-corrected chi connectivity index (χ1v) is 8.07. The summed E-state index contributed by atoms with van der Waals surface area (Å²) in [5.74, 6) is -0.0900. The first-order chi connectivity index (χ1) is 11.0. The van der Waals surface area contributed by atoms with Crippen LogP contribution < -0.4 is 0 Å². The van der Waals surface area contributed by atoms with Gasteiger partial charge in [0.1, 0.15) is 0 Å². The molecule has 1 aromatic carbocycles. The van der Waals surface area contributed by atoms with Gasteiger partial charge in [-0.05, 0) is 62.9 Å². The van der Waals surface area contributed by atoms with Crippen LogP contribution in [-0.4, -0.2) is 44.9 Å². The second-order valence-electron chi connectivity index (χ2n) is 6.41. The number of aliphatic hydroxyl groups is 1. The zero-order chi connectivity index (χ0) is 16.6. The van der Waals surface area contributed by atoms with Crippen molar-refractivity contribution < 1.29 is 9.90 Å². The molecule has 2 aromatic rings. The highest BCUT2D eigenvalue weighted by Gasteiger charge is 2.30. The van der Waals surface area contributed by atoms with Crippen molar-refractivity contribution in [1.29, 1.82) is 0 Å². The van der Waals surface area contributed by atoms with Gasteiger partial charge in [-0.1, -0.05) is 6.07 Å². The maximum atomic E-state index is 12.7. The van der Waals surface area contributed by atoms with Crippen LogP contribution in [-0.2, 0) is 0 Å². The SMILES string of the molecule is Cc1cc(C)cc(-n2nc(C(=O)N3CCCC3CO)cc2C)c1. The van der Waals surface area contributed by atoms with Crippen molar-refractivity contribution in [1.82, 2.24) is 14.7 Å². The highest BCUT2D eigenvalue weighted by molar-refractivity contribution is 5.93. The number of hydrogen-bond donors (Lipinski definition) is 1. The van der Waals surface area contributed by atoms with Crippen LogP contribution in [0.5, 0.6) is 0 Å². The summed E-state index contributed by atoms with van der Waals surface area (Å²) in [6, 6.07) is 7.99. The number of nitrogens with zero attached hydrogens (tertiary/aromatic N) is 3. The fourth-order valence-corrected chi connectivity index (χ4v) is 3.35. The molecule has 1 saturated heterocycles. The lowest BCUT2D eigenvalue weighted by atomic mass is 10.1. The molecule has 1 N–H and O–H groups in total. The number of benzene rings is 1. The van der Waals surface area contributed by atoms with Gasteiger partial charge in [0, 0.05) is 12.2 Å². The molecule has 1 aromatic heterocycles. The summed E-state index contributed by atoms with van der Waals surface area (Å²) < 4.78 is 1.82. The van der Waals surface area contributed by atoms with E-state index in [4.69, 9.17) is 0 Å². The minimum atomic E-state index is -0.0900. The van der Waals surface area contributed by atoms with Gasteiger partial charge < -0.3 is 10.0 Å². The molecule has 3 rings (SSSR count). The maximum Gasteiger partial charge on any atom is 0.274 e. The maximum absolute atomic E-state index is 12.7. The van der Waals surface area contributed by atoms with Crippen molar-refractivity contribution in [3.63, 3.8) is 0 Å². The Balaban J connectivity index is 1.93. The van der Waals surface area contributed by atoms with Crippen LogP contribution in [0, 0.1) is 20.8 Å². The first kappa shape index (κ1) is 15.7. The number of rotatable bonds is 3. The third-order valence-corrected chi connectivity index (χ3v) is 4.41. The summed E-state index contributed by atoms with van der Waals surface area (Å²) in [4.78, 5) is 14.4. The molecule has 1 aliphatic heterocycles. The van der Waals surface area contributed by atoms with E-state index < -0.39 is 0 Å². The molecule has 122 valence electrons. The molecule has 0 spiro atoms. The van der Waals surface area contributed by atoms with E-state index in [1.54, 1.807) is 4.90 Å². The molecular formula is C18H23N3O2. The molecule has 1 amide bonds. The van der Waals surface area contributed by atoms with Crippen molar-refractivity contribution in [3.05, 3.63) is 46.8 Å². The van der Waals surface area contributed by atoms with Gasteiger partial charge in [-0.15, -0.1) is 0 Å². The van der Waals surface area contributed by atoms with Crippen molar-refractivity contribution in [3.8, 4) is 5.69 Å². The summed E-state index contributed by atoms with van der Waals surface area (Å²) in [5, 5.41) is 13.9. The number of aliphatic hydroxyl groups excluding tert-OH is 1. The summed E-state index contributed by atoms with van der Waals surface area (Å²) >= 11 is 0. The third-order valence-electron chi connectivity index (χ3n) is 4.41. The highest BCUT2D eigenvalue weighted by atomic mass is 16.3. The summed E-state index contributed by atoms with van der Waals surface area (Å²) in [6.07, 6.45) is 1.80. The van der Waals surface area contributed by atoms with Gasteiger partial charge in [0.05, 0.1) is 18.3 Å². The van der Waals surface area contributed by atoms with Gasteiger partial charge in [-0.25, -0.2) is 4.68 Å². The van der Waals surface area contributed by atoms with Crippen LogP contribution in [0.3, 0.4) is 0 Å². The average Bonchev–Trinajstić information content (AvgIpc) is 3.11. The number of aryl methyl sites for hydroxylation is 3. The Kier molecular flexibility index (Phi) is 4.22. The second-order valence-corrected chi connectivity index (χ2v) is 6.41. The molecule has 1 aliphatic rings. The number of carbonyl (C=O) groups is 1. The smallest absolute Gasteiger partial charge is 0.274 e. The molecular weight excluding hydrogens is 290 g/mol. The van der Waals surface area contributed by atoms with E-state index >= 15 is 0 Å². The van der Waals surface area contributed by atoms with Gasteiger partial charge in [-0.3, -0.25) is 4.79 Å². The fourth-order valence-electron chi connectivity index (χ4n) is 3.35. The van der Waals surface area contributed by atoms with Gasteiger partial charge in [-0.2, -0.15) is 5.10 Å². The number of aromatic nitrogens is 2. The van der Waals surface area contributed by atoms with Gasteiger partial charge in [0.25, 0.3) is 5.91 Å². The Morgan fingerprint density at radius 3 is 2.57 bits per heavy atom. The molecule has 5 heteroatoms. The van der Waals surface area contributed by atoms with Gasteiger partial charge in [0.2, 0.25) is 0 Å². The minimum absolute atomic E-state index is 0.0164. The van der Waals surface area contributed by atoms with E-state index in [9.17, 15) is 9.90 Å². The Morgan fingerprint density at radius 1 is 1.22 bits per heavy atom. The monoisotopic (exact) mass is 313 g/mol. The van der Waals surface area contributed by atoms with Crippen molar-refractivity contribution in [2.75, 3.05) is 13.2 Å². The van der Waals surface area contributed by atoms with Crippen LogP contribution >= 0.6 is 0 Å². The number of hydrogen-bond acceptors (Lipinski definition) is 3. The largest absolute Gasteiger partial charge is 0.394 e. The predicted octanol–water partition coefficient (Wildman–Crippen LogP) is 2.39. The number of likely N-dealkylation sites (tertiary alicyclic amines) is 1. The zero-order valence-electron chi connectivity index (χ0n) is 13.9. The molecule has 0 saturated carbocycles. The lowest BCUT2D eigenvalue weighted by Gasteiger charge is -2.21. The molecule has 0 aliphatic carbocycles. The molecule has 2 heterocycles. The minimum Gasteiger partial charge on any atom is -0.394 e. The third kappa shape index (κ3) is 3.01. The molecule has 1 atom stereocenters. The van der Waals surface area contributed by atoms with Gasteiger partial charge >= 0.3 is 0 Å². The standard InChI is InChI=1S/C18H23N3O2/c1-12-7-13(2)9-16(8-12)21-14(3)10-17(19-21)18(23)20-6-4-5-15(20)11-22/h7-10,15,22H,4-6,11H2,1-3H3. The van der Waals surface area contributed by atoms with Crippen molar-refractivity contribution >= 4 is 5.91 Å². The number of amides is 1. The normalized spacial score (nSPS) is 17.7. The Bertz CT molecular complexity index is 716.